The lowest BCUT2D eigenvalue weighted by atomic mass is 10.0. The number of rotatable bonds is 14. The predicted molar refractivity (Wildman–Crippen MR) is 194 cm³/mol. The van der Waals surface area contributed by atoms with Gasteiger partial charge in [0.05, 0.1) is 41.3 Å². The minimum absolute atomic E-state index is 0.0921. The van der Waals surface area contributed by atoms with Gasteiger partial charge in [-0.15, -0.1) is 0 Å². The van der Waals surface area contributed by atoms with Gasteiger partial charge in [0.15, 0.2) is 0 Å². The average molecular weight is 735 g/mol. The molecule has 4 heterocycles. The van der Waals surface area contributed by atoms with Crippen LogP contribution in [-0.4, -0.2) is 63.0 Å². The summed E-state index contributed by atoms with van der Waals surface area (Å²) in [4.78, 5) is 55.7. The van der Waals surface area contributed by atoms with Gasteiger partial charge in [0.1, 0.15) is 22.6 Å². The summed E-state index contributed by atoms with van der Waals surface area (Å²) in [5.41, 5.74) is 0.184. The Morgan fingerprint density at radius 2 is 0.854 bits per heavy atom. The van der Waals surface area contributed by atoms with Crippen molar-refractivity contribution in [3.05, 3.63) is 19.6 Å². The molecule has 5 rings (SSSR count). The molecular formula is C34H46N4O6S4. The van der Waals surface area contributed by atoms with Crippen molar-refractivity contribution in [1.29, 1.82) is 0 Å². The van der Waals surface area contributed by atoms with Crippen LogP contribution in [0.15, 0.2) is 39.2 Å². The monoisotopic (exact) mass is 734 g/mol. The summed E-state index contributed by atoms with van der Waals surface area (Å²) >= 11 is 5.43. The van der Waals surface area contributed by atoms with Crippen LogP contribution in [0.4, 0.5) is 0 Å². The SMILES string of the molecule is CCCCC(CC)COc1c2c(c(OCC(CC)CCCC)c3c1SC(=C1C(=O)NCCNC1=O)S3)SC(=C1C(=O)NCCNC1=O)S2. The molecule has 4 N–H and O–H groups in total. The van der Waals surface area contributed by atoms with Crippen LogP contribution in [0.25, 0.3) is 0 Å². The van der Waals surface area contributed by atoms with Crippen LogP contribution in [-0.2, 0) is 19.2 Å². The van der Waals surface area contributed by atoms with E-state index in [9.17, 15) is 19.2 Å². The molecule has 2 fully saturated rings. The summed E-state index contributed by atoms with van der Waals surface area (Å²) in [5.74, 6) is 0.384. The lowest BCUT2D eigenvalue weighted by molar-refractivity contribution is -0.124. The number of benzene rings is 1. The van der Waals surface area contributed by atoms with E-state index in [0.717, 1.165) is 70.9 Å². The highest BCUT2D eigenvalue weighted by molar-refractivity contribution is 8.26. The summed E-state index contributed by atoms with van der Waals surface area (Å²) in [6.07, 6.45) is 8.45. The van der Waals surface area contributed by atoms with Crippen molar-refractivity contribution in [2.24, 2.45) is 11.8 Å². The summed E-state index contributed by atoms with van der Waals surface area (Å²) in [7, 11) is 0. The maximum absolute atomic E-state index is 13.1. The number of thioether (sulfide) groups is 4. The second kappa shape index (κ2) is 17.5. The predicted octanol–water partition coefficient (Wildman–Crippen LogP) is 6.19. The molecule has 0 aliphatic carbocycles. The quantitative estimate of drug-likeness (QED) is 0.130. The first kappa shape index (κ1) is 36.9. The molecule has 0 spiro atoms. The van der Waals surface area contributed by atoms with Gasteiger partial charge in [-0.25, -0.2) is 0 Å². The Bertz CT molecular complexity index is 1310. The van der Waals surface area contributed by atoms with E-state index < -0.39 is 23.6 Å². The van der Waals surface area contributed by atoms with E-state index in [0.29, 0.717) is 71.2 Å². The molecule has 0 radical (unpaired) electrons. The third-order valence-corrected chi connectivity index (χ3v) is 13.9. The van der Waals surface area contributed by atoms with Crippen LogP contribution in [0.3, 0.4) is 0 Å². The zero-order valence-electron chi connectivity index (χ0n) is 28.1. The van der Waals surface area contributed by atoms with E-state index in [2.05, 4.69) is 49.0 Å². The molecule has 0 aromatic heterocycles. The van der Waals surface area contributed by atoms with Gasteiger partial charge in [-0.3, -0.25) is 19.2 Å². The molecule has 4 aliphatic heterocycles. The summed E-state index contributed by atoms with van der Waals surface area (Å²) in [6.45, 7) is 11.2. The number of unbranched alkanes of at least 4 members (excludes halogenated alkanes) is 2. The van der Waals surface area contributed by atoms with Crippen molar-refractivity contribution in [2.75, 3.05) is 39.4 Å². The van der Waals surface area contributed by atoms with Gasteiger partial charge in [-0.2, -0.15) is 0 Å². The number of carbonyl (C=O) groups is 4. The fourth-order valence-corrected chi connectivity index (χ4v) is 11.3. The van der Waals surface area contributed by atoms with Gasteiger partial charge in [-0.1, -0.05) is 113 Å². The Morgan fingerprint density at radius 3 is 1.12 bits per heavy atom. The third-order valence-electron chi connectivity index (χ3n) is 8.74. The minimum atomic E-state index is -0.400. The largest absolute Gasteiger partial charge is 0.491 e. The molecule has 48 heavy (non-hydrogen) atoms. The number of carbonyl (C=O) groups excluding carboxylic acids is 4. The second-order valence-corrected chi connectivity index (χ2v) is 16.8. The van der Waals surface area contributed by atoms with E-state index in [-0.39, 0.29) is 11.1 Å². The third kappa shape index (κ3) is 8.30. The topological polar surface area (TPSA) is 135 Å². The van der Waals surface area contributed by atoms with Crippen molar-refractivity contribution in [1.82, 2.24) is 21.3 Å². The van der Waals surface area contributed by atoms with E-state index in [1.807, 2.05) is 0 Å². The number of amides is 4. The van der Waals surface area contributed by atoms with Gasteiger partial charge in [-0.05, 0) is 24.7 Å². The van der Waals surface area contributed by atoms with Crippen molar-refractivity contribution < 1.29 is 28.7 Å². The standard InChI is InChI=1S/C34H46N4O6S4/c1-5-9-11-19(7-3)17-43-23-25-27(47-33(45-25)21-29(39)35-13-14-36-30(21)40)24(44-18-20(8-4)12-10-6-2)28-26(23)46-34(48-28)22-31(41)37-15-16-38-32(22)42/h19-20H,5-18H2,1-4H3,(H,35,39)(H,36,40)(H,37,41)(H,38,42). The van der Waals surface area contributed by atoms with Crippen molar-refractivity contribution in [3.8, 4) is 11.5 Å². The first-order chi connectivity index (χ1) is 23.3. The van der Waals surface area contributed by atoms with Gasteiger partial charge in [0.2, 0.25) is 0 Å². The molecular weight excluding hydrogens is 689 g/mol. The van der Waals surface area contributed by atoms with Crippen LogP contribution in [0, 0.1) is 11.8 Å². The normalized spacial score (nSPS) is 19.1. The van der Waals surface area contributed by atoms with Crippen LogP contribution >= 0.6 is 47.0 Å². The van der Waals surface area contributed by atoms with Crippen molar-refractivity contribution >= 4 is 70.7 Å². The fourth-order valence-electron chi connectivity index (χ4n) is 5.70. The fraction of sp³-hybridized carbons (Fsp3) is 0.588. The minimum Gasteiger partial charge on any atom is -0.491 e. The molecule has 14 heteroatoms. The van der Waals surface area contributed by atoms with E-state index in [1.165, 1.54) is 47.0 Å². The first-order valence-corrected chi connectivity index (χ1v) is 20.4. The van der Waals surface area contributed by atoms with Gasteiger partial charge in [0.25, 0.3) is 23.6 Å². The van der Waals surface area contributed by atoms with E-state index in [4.69, 9.17) is 9.47 Å². The second-order valence-electron chi connectivity index (χ2n) is 12.2. The average Bonchev–Trinajstić information content (AvgIpc) is 3.61. The Balaban J connectivity index is 1.64. The van der Waals surface area contributed by atoms with Crippen LogP contribution in [0.5, 0.6) is 11.5 Å². The number of hydrogen-bond acceptors (Lipinski definition) is 10. The highest BCUT2D eigenvalue weighted by Crippen LogP contribution is 2.68. The molecule has 4 amide bonds. The highest BCUT2D eigenvalue weighted by Gasteiger charge is 2.41. The Labute approximate surface area is 300 Å². The number of nitrogens with one attached hydrogen (secondary N) is 4. The summed E-state index contributed by atoms with van der Waals surface area (Å²) in [6, 6.07) is 0. The lowest BCUT2D eigenvalue weighted by Gasteiger charge is -2.22. The smallest absolute Gasteiger partial charge is 0.258 e. The van der Waals surface area contributed by atoms with Crippen molar-refractivity contribution in [2.45, 2.75) is 98.6 Å². The van der Waals surface area contributed by atoms with Crippen LogP contribution in [0.2, 0.25) is 0 Å². The number of ether oxygens (including phenoxy) is 2. The maximum atomic E-state index is 13.1. The van der Waals surface area contributed by atoms with Crippen LogP contribution in [0.1, 0.15) is 79.1 Å². The molecule has 2 unspecified atom stereocenters. The first-order valence-electron chi connectivity index (χ1n) is 17.1. The zero-order valence-corrected chi connectivity index (χ0v) is 31.4. The summed E-state index contributed by atoms with van der Waals surface area (Å²) in [5, 5.41) is 11.3. The Kier molecular flexibility index (Phi) is 13.4. The molecule has 2 saturated heterocycles. The molecule has 1 aromatic carbocycles. The molecule has 0 bridgehead atoms. The van der Waals surface area contributed by atoms with Crippen LogP contribution < -0.4 is 30.7 Å². The molecule has 10 nitrogen and oxygen atoms in total. The lowest BCUT2D eigenvalue weighted by Crippen LogP contribution is -2.27. The van der Waals surface area contributed by atoms with Gasteiger partial charge < -0.3 is 30.7 Å². The molecule has 262 valence electrons. The van der Waals surface area contributed by atoms with Crippen molar-refractivity contribution in [3.63, 3.8) is 0 Å². The van der Waals surface area contributed by atoms with E-state index in [1.54, 1.807) is 0 Å². The zero-order chi connectivity index (χ0) is 34.2. The molecule has 2 atom stereocenters. The maximum Gasteiger partial charge on any atom is 0.258 e. The van der Waals surface area contributed by atoms with E-state index >= 15 is 0 Å². The highest BCUT2D eigenvalue weighted by atomic mass is 32.2. The molecule has 4 aliphatic rings. The van der Waals surface area contributed by atoms with Gasteiger partial charge in [0, 0.05) is 26.2 Å². The molecule has 1 aromatic rings. The van der Waals surface area contributed by atoms with Gasteiger partial charge >= 0.3 is 0 Å². The Hall–Kier alpha value is -2.42. The Morgan fingerprint density at radius 1 is 0.542 bits per heavy atom. The molecule has 0 saturated carbocycles. The number of fused-ring (bicyclic) bond motifs is 2. The number of hydrogen-bond donors (Lipinski definition) is 4. The summed E-state index contributed by atoms with van der Waals surface area (Å²) < 4.78 is 14.7.